The summed E-state index contributed by atoms with van der Waals surface area (Å²) in [4.78, 5) is 4.89. The maximum absolute atomic E-state index is 6.11. The summed E-state index contributed by atoms with van der Waals surface area (Å²) in [6, 6.07) is 26.0. The van der Waals surface area contributed by atoms with Crippen LogP contribution in [-0.2, 0) is 0 Å². The van der Waals surface area contributed by atoms with Gasteiger partial charge in [0, 0.05) is 5.02 Å². The van der Waals surface area contributed by atoms with E-state index in [1.165, 1.54) is 22.2 Å². The Hall–Kier alpha value is -2.78. The minimum Gasteiger partial charge on any atom is -0.349 e. The van der Waals surface area contributed by atoms with Crippen molar-refractivity contribution in [2.75, 3.05) is 5.32 Å². The van der Waals surface area contributed by atoms with Crippen molar-refractivity contribution < 1.29 is 0 Å². The molecule has 0 bridgehead atoms. The molecule has 1 aliphatic rings. The lowest BCUT2D eigenvalue weighted by Crippen LogP contribution is -2.27. The molecular formula is C25H24ClN3. The summed E-state index contributed by atoms with van der Waals surface area (Å²) < 4.78 is 2.35. The Morgan fingerprint density at radius 3 is 2.34 bits per heavy atom. The van der Waals surface area contributed by atoms with Gasteiger partial charge in [-0.1, -0.05) is 74.0 Å². The first-order chi connectivity index (χ1) is 14.1. The number of imidazole rings is 1. The molecule has 1 aliphatic heterocycles. The van der Waals surface area contributed by atoms with Gasteiger partial charge >= 0.3 is 0 Å². The Morgan fingerprint density at radius 2 is 1.62 bits per heavy atom. The molecule has 3 aromatic carbocycles. The number of aromatic nitrogens is 2. The summed E-state index contributed by atoms with van der Waals surface area (Å²) in [6.07, 6.45) is 0.954. The van der Waals surface area contributed by atoms with E-state index in [9.17, 15) is 0 Å². The van der Waals surface area contributed by atoms with Crippen molar-refractivity contribution >= 4 is 28.6 Å². The molecule has 0 radical (unpaired) electrons. The molecule has 0 saturated heterocycles. The molecule has 5 rings (SSSR count). The molecule has 1 aromatic heterocycles. The highest BCUT2D eigenvalue weighted by molar-refractivity contribution is 6.30. The van der Waals surface area contributed by atoms with Gasteiger partial charge in [-0.3, -0.25) is 0 Å². The fourth-order valence-corrected chi connectivity index (χ4v) is 4.43. The first kappa shape index (κ1) is 18.3. The number of fused-ring (bicyclic) bond motifs is 3. The predicted octanol–water partition coefficient (Wildman–Crippen LogP) is 6.96. The van der Waals surface area contributed by atoms with Gasteiger partial charge in [0.2, 0.25) is 5.95 Å². The topological polar surface area (TPSA) is 29.9 Å². The fraction of sp³-hybridized carbons (Fsp3) is 0.240. The molecule has 0 saturated carbocycles. The molecule has 2 atom stereocenters. The van der Waals surface area contributed by atoms with E-state index in [0.29, 0.717) is 5.92 Å². The molecule has 29 heavy (non-hydrogen) atoms. The summed E-state index contributed by atoms with van der Waals surface area (Å²) >= 11 is 6.11. The average molecular weight is 402 g/mol. The van der Waals surface area contributed by atoms with E-state index >= 15 is 0 Å². The molecule has 4 heteroatoms. The van der Waals surface area contributed by atoms with Crippen molar-refractivity contribution in [2.24, 2.45) is 0 Å². The standard InChI is InChI=1S/C25H24ClN3/c1-16(2)17-7-9-19(10-8-17)24-15-22(18-11-13-20(26)14-12-18)28-25-27-21-5-3-4-6-23(21)29(24)25/h3-14,16,22,24H,15H2,1-2H3,(H,27,28)/t22-,24-/m1/s1. The number of rotatable bonds is 3. The van der Waals surface area contributed by atoms with Gasteiger partial charge in [0.25, 0.3) is 0 Å². The minimum absolute atomic E-state index is 0.186. The van der Waals surface area contributed by atoms with E-state index in [-0.39, 0.29) is 12.1 Å². The largest absolute Gasteiger partial charge is 0.349 e. The second-order valence-corrected chi connectivity index (χ2v) is 8.55. The number of hydrogen-bond acceptors (Lipinski definition) is 2. The first-order valence-corrected chi connectivity index (χ1v) is 10.6. The molecule has 0 spiro atoms. The van der Waals surface area contributed by atoms with E-state index in [1.807, 2.05) is 18.2 Å². The smallest absolute Gasteiger partial charge is 0.204 e. The monoisotopic (exact) mass is 401 g/mol. The minimum atomic E-state index is 0.186. The van der Waals surface area contributed by atoms with Gasteiger partial charge in [-0.15, -0.1) is 0 Å². The SMILES string of the molecule is CC(C)c1ccc([C@H]2C[C@H](c3ccc(Cl)cc3)Nc3nc4ccccc4n32)cc1. The molecule has 1 N–H and O–H groups in total. The molecule has 0 fully saturated rings. The molecule has 146 valence electrons. The molecule has 2 heterocycles. The molecule has 3 nitrogen and oxygen atoms in total. The normalized spacial score (nSPS) is 18.6. The van der Waals surface area contributed by atoms with Crippen molar-refractivity contribution in [3.05, 3.63) is 94.5 Å². The van der Waals surface area contributed by atoms with Crippen LogP contribution in [0.25, 0.3) is 11.0 Å². The third-order valence-corrected chi connectivity index (χ3v) is 6.18. The van der Waals surface area contributed by atoms with Crippen LogP contribution in [0.3, 0.4) is 0 Å². The lowest BCUT2D eigenvalue weighted by Gasteiger charge is -2.33. The zero-order valence-electron chi connectivity index (χ0n) is 16.6. The number of anilines is 1. The van der Waals surface area contributed by atoms with Crippen LogP contribution < -0.4 is 5.32 Å². The van der Waals surface area contributed by atoms with Crippen LogP contribution in [0.2, 0.25) is 5.02 Å². The van der Waals surface area contributed by atoms with Crippen LogP contribution in [0.15, 0.2) is 72.8 Å². The van der Waals surface area contributed by atoms with E-state index in [0.717, 1.165) is 22.9 Å². The van der Waals surface area contributed by atoms with Crippen molar-refractivity contribution in [3.8, 4) is 0 Å². The summed E-state index contributed by atoms with van der Waals surface area (Å²) in [6.45, 7) is 4.47. The lowest BCUT2D eigenvalue weighted by molar-refractivity contribution is 0.477. The lowest BCUT2D eigenvalue weighted by atomic mass is 9.91. The van der Waals surface area contributed by atoms with Gasteiger partial charge in [-0.05, 0) is 53.3 Å². The maximum Gasteiger partial charge on any atom is 0.204 e. The molecule has 0 amide bonds. The molecule has 4 aromatic rings. The highest BCUT2D eigenvalue weighted by Gasteiger charge is 2.30. The second kappa shape index (κ2) is 7.23. The van der Waals surface area contributed by atoms with Gasteiger partial charge in [-0.25, -0.2) is 4.98 Å². The van der Waals surface area contributed by atoms with Gasteiger partial charge in [0.1, 0.15) is 0 Å². The Kier molecular flexibility index (Phi) is 4.56. The van der Waals surface area contributed by atoms with Crippen molar-refractivity contribution in [1.29, 1.82) is 0 Å². The van der Waals surface area contributed by atoms with E-state index in [2.05, 4.69) is 78.3 Å². The van der Waals surface area contributed by atoms with Crippen molar-refractivity contribution in [3.63, 3.8) is 0 Å². The Bertz CT molecular complexity index is 1140. The van der Waals surface area contributed by atoms with Crippen LogP contribution in [0.4, 0.5) is 5.95 Å². The first-order valence-electron chi connectivity index (χ1n) is 10.2. The van der Waals surface area contributed by atoms with Gasteiger partial charge in [-0.2, -0.15) is 0 Å². The van der Waals surface area contributed by atoms with Crippen LogP contribution in [-0.4, -0.2) is 9.55 Å². The second-order valence-electron chi connectivity index (χ2n) is 8.12. The zero-order chi connectivity index (χ0) is 20.0. The highest BCUT2D eigenvalue weighted by Crippen LogP contribution is 2.41. The third-order valence-electron chi connectivity index (χ3n) is 5.93. The van der Waals surface area contributed by atoms with Crippen LogP contribution >= 0.6 is 11.6 Å². The Balaban J connectivity index is 1.62. The van der Waals surface area contributed by atoms with Gasteiger partial charge in [0.05, 0.1) is 23.1 Å². The number of nitrogens with zero attached hydrogens (tertiary/aromatic N) is 2. The summed E-state index contributed by atoms with van der Waals surface area (Å²) in [5.41, 5.74) is 6.11. The third kappa shape index (κ3) is 3.30. The molecule has 0 unspecified atom stereocenters. The quantitative estimate of drug-likeness (QED) is 0.402. The molecular weight excluding hydrogens is 378 g/mol. The maximum atomic E-state index is 6.11. The van der Waals surface area contributed by atoms with Crippen LogP contribution in [0.5, 0.6) is 0 Å². The zero-order valence-corrected chi connectivity index (χ0v) is 17.4. The van der Waals surface area contributed by atoms with Crippen molar-refractivity contribution in [1.82, 2.24) is 9.55 Å². The Labute approximate surface area is 176 Å². The fourth-order valence-electron chi connectivity index (χ4n) is 4.31. The summed E-state index contributed by atoms with van der Waals surface area (Å²) in [5, 5.41) is 4.42. The summed E-state index contributed by atoms with van der Waals surface area (Å²) in [5.74, 6) is 1.46. The van der Waals surface area contributed by atoms with E-state index in [4.69, 9.17) is 16.6 Å². The molecule has 0 aliphatic carbocycles. The van der Waals surface area contributed by atoms with Crippen LogP contribution in [0, 0.1) is 0 Å². The number of benzene rings is 3. The summed E-state index contributed by atoms with van der Waals surface area (Å²) in [7, 11) is 0. The number of para-hydroxylation sites is 2. The Morgan fingerprint density at radius 1 is 0.931 bits per heavy atom. The highest BCUT2D eigenvalue weighted by atomic mass is 35.5. The van der Waals surface area contributed by atoms with Gasteiger partial charge < -0.3 is 9.88 Å². The number of hydrogen-bond donors (Lipinski definition) is 1. The van der Waals surface area contributed by atoms with Gasteiger partial charge in [0.15, 0.2) is 0 Å². The van der Waals surface area contributed by atoms with E-state index in [1.54, 1.807) is 0 Å². The van der Waals surface area contributed by atoms with E-state index < -0.39 is 0 Å². The van der Waals surface area contributed by atoms with Crippen molar-refractivity contribution in [2.45, 2.75) is 38.3 Å². The number of halogens is 1. The predicted molar refractivity (Wildman–Crippen MR) is 121 cm³/mol. The average Bonchev–Trinajstić information content (AvgIpc) is 3.12. The number of nitrogens with one attached hydrogen (secondary N) is 1. The van der Waals surface area contributed by atoms with Crippen LogP contribution in [0.1, 0.15) is 55.0 Å².